The van der Waals surface area contributed by atoms with Crippen molar-refractivity contribution < 1.29 is 14.3 Å². The fourth-order valence-electron chi connectivity index (χ4n) is 1.83. The average molecular weight is 261 g/mol. The van der Waals surface area contributed by atoms with E-state index in [4.69, 9.17) is 21.1 Å². The van der Waals surface area contributed by atoms with Gasteiger partial charge in [-0.05, 0) is 30.3 Å². The summed E-state index contributed by atoms with van der Waals surface area (Å²) in [7, 11) is 0. The van der Waals surface area contributed by atoms with E-state index in [1.165, 1.54) is 0 Å². The molecular formula is C14H9ClO3. The SMILES string of the molecule is O=C(c1cccc(Cl)c1)c1ccc2c(c1)OCO2. The van der Waals surface area contributed by atoms with Crippen molar-refractivity contribution in [1.82, 2.24) is 0 Å². The molecule has 0 aliphatic carbocycles. The quantitative estimate of drug-likeness (QED) is 0.777. The molecule has 18 heavy (non-hydrogen) atoms. The molecule has 3 rings (SSSR count). The van der Waals surface area contributed by atoms with Crippen molar-refractivity contribution in [2.45, 2.75) is 0 Å². The van der Waals surface area contributed by atoms with Gasteiger partial charge in [0.25, 0.3) is 0 Å². The second-order valence-corrected chi connectivity index (χ2v) is 4.34. The Bertz CT molecular complexity index is 622. The number of fused-ring (bicyclic) bond motifs is 1. The van der Waals surface area contributed by atoms with Crippen molar-refractivity contribution >= 4 is 17.4 Å². The normalized spacial score (nSPS) is 12.5. The van der Waals surface area contributed by atoms with Crippen molar-refractivity contribution in [2.75, 3.05) is 6.79 Å². The van der Waals surface area contributed by atoms with Gasteiger partial charge in [-0.25, -0.2) is 0 Å². The van der Waals surface area contributed by atoms with Crippen LogP contribution in [-0.2, 0) is 0 Å². The Morgan fingerprint density at radius 1 is 1.00 bits per heavy atom. The van der Waals surface area contributed by atoms with E-state index in [1.54, 1.807) is 42.5 Å². The minimum Gasteiger partial charge on any atom is -0.454 e. The molecule has 0 unspecified atom stereocenters. The number of carbonyl (C=O) groups is 1. The highest BCUT2D eigenvalue weighted by Crippen LogP contribution is 2.33. The Hall–Kier alpha value is -2.00. The van der Waals surface area contributed by atoms with E-state index in [0.717, 1.165) is 0 Å². The maximum absolute atomic E-state index is 12.2. The van der Waals surface area contributed by atoms with E-state index in [2.05, 4.69) is 0 Å². The van der Waals surface area contributed by atoms with Gasteiger partial charge in [-0.3, -0.25) is 4.79 Å². The summed E-state index contributed by atoms with van der Waals surface area (Å²) in [5, 5.41) is 0.543. The Kier molecular flexibility index (Phi) is 2.68. The first-order chi connectivity index (χ1) is 8.74. The van der Waals surface area contributed by atoms with Gasteiger partial charge in [-0.1, -0.05) is 23.7 Å². The van der Waals surface area contributed by atoms with Crippen molar-refractivity contribution in [2.24, 2.45) is 0 Å². The van der Waals surface area contributed by atoms with Gasteiger partial charge in [-0.2, -0.15) is 0 Å². The van der Waals surface area contributed by atoms with Crippen LogP contribution in [0.2, 0.25) is 5.02 Å². The number of rotatable bonds is 2. The minimum atomic E-state index is -0.0872. The minimum absolute atomic E-state index is 0.0872. The van der Waals surface area contributed by atoms with Gasteiger partial charge in [0.1, 0.15) is 0 Å². The van der Waals surface area contributed by atoms with Crippen molar-refractivity contribution in [3.63, 3.8) is 0 Å². The lowest BCUT2D eigenvalue weighted by molar-refractivity contribution is 0.103. The van der Waals surface area contributed by atoms with Crippen molar-refractivity contribution in [1.29, 1.82) is 0 Å². The maximum atomic E-state index is 12.2. The summed E-state index contributed by atoms with van der Waals surface area (Å²) >= 11 is 5.87. The van der Waals surface area contributed by atoms with Crippen LogP contribution in [0.25, 0.3) is 0 Å². The van der Waals surface area contributed by atoms with Crippen molar-refractivity contribution in [3.8, 4) is 11.5 Å². The molecule has 1 aliphatic rings. The average Bonchev–Trinajstić information content (AvgIpc) is 2.85. The van der Waals surface area contributed by atoms with Crippen LogP contribution in [0.15, 0.2) is 42.5 Å². The molecule has 90 valence electrons. The first-order valence-corrected chi connectivity index (χ1v) is 5.82. The highest BCUT2D eigenvalue weighted by Gasteiger charge is 2.17. The molecule has 0 saturated carbocycles. The van der Waals surface area contributed by atoms with Gasteiger partial charge in [0.05, 0.1) is 0 Å². The number of halogens is 1. The molecular weight excluding hydrogens is 252 g/mol. The molecule has 2 aromatic carbocycles. The van der Waals surface area contributed by atoms with Gasteiger partial charge in [0.2, 0.25) is 6.79 Å². The molecule has 3 nitrogen and oxygen atoms in total. The van der Waals surface area contributed by atoms with Crippen LogP contribution in [0.1, 0.15) is 15.9 Å². The third-order valence-corrected chi connectivity index (χ3v) is 2.96. The number of benzene rings is 2. The highest BCUT2D eigenvalue weighted by atomic mass is 35.5. The fraction of sp³-hybridized carbons (Fsp3) is 0.0714. The Labute approximate surface area is 109 Å². The largest absolute Gasteiger partial charge is 0.454 e. The van der Waals surface area contributed by atoms with E-state index in [-0.39, 0.29) is 12.6 Å². The van der Waals surface area contributed by atoms with Crippen LogP contribution < -0.4 is 9.47 Å². The predicted octanol–water partition coefficient (Wildman–Crippen LogP) is 3.30. The molecule has 2 aromatic rings. The zero-order chi connectivity index (χ0) is 12.5. The molecule has 0 atom stereocenters. The number of ketones is 1. The second-order valence-electron chi connectivity index (χ2n) is 3.91. The number of hydrogen-bond acceptors (Lipinski definition) is 3. The van der Waals surface area contributed by atoms with Gasteiger partial charge < -0.3 is 9.47 Å². The Balaban J connectivity index is 1.98. The lowest BCUT2D eigenvalue weighted by Gasteiger charge is -2.03. The molecule has 1 aliphatic heterocycles. The topological polar surface area (TPSA) is 35.5 Å². The number of ether oxygens (including phenoxy) is 2. The second kappa shape index (κ2) is 4.35. The van der Waals surface area contributed by atoms with Gasteiger partial charge in [0.15, 0.2) is 17.3 Å². The Morgan fingerprint density at radius 2 is 1.78 bits per heavy atom. The van der Waals surface area contributed by atoms with Crippen LogP contribution in [-0.4, -0.2) is 12.6 Å². The molecule has 0 aromatic heterocycles. The lowest BCUT2D eigenvalue weighted by Crippen LogP contribution is -2.00. The lowest BCUT2D eigenvalue weighted by atomic mass is 10.0. The summed E-state index contributed by atoms with van der Waals surface area (Å²) < 4.78 is 10.5. The summed E-state index contributed by atoms with van der Waals surface area (Å²) in [4.78, 5) is 12.2. The van der Waals surface area contributed by atoms with Gasteiger partial charge in [-0.15, -0.1) is 0 Å². The predicted molar refractivity (Wildman–Crippen MR) is 67.4 cm³/mol. The zero-order valence-corrected chi connectivity index (χ0v) is 10.1. The summed E-state index contributed by atoms with van der Waals surface area (Å²) in [5.41, 5.74) is 1.11. The maximum Gasteiger partial charge on any atom is 0.231 e. The zero-order valence-electron chi connectivity index (χ0n) is 9.35. The molecule has 0 radical (unpaired) electrons. The molecule has 1 heterocycles. The van der Waals surface area contributed by atoms with Crippen LogP contribution in [0, 0.1) is 0 Å². The van der Waals surface area contributed by atoms with E-state index < -0.39 is 0 Å². The molecule has 0 saturated heterocycles. The molecule has 0 bridgehead atoms. The highest BCUT2D eigenvalue weighted by molar-refractivity contribution is 6.31. The van der Waals surface area contributed by atoms with Crippen LogP contribution in [0.5, 0.6) is 11.5 Å². The van der Waals surface area contributed by atoms with Gasteiger partial charge in [0, 0.05) is 16.1 Å². The van der Waals surface area contributed by atoms with E-state index >= 15 is 0 Å². The summed E-state index contributed by atoms with van der Waals surface area (Å²) in [6, 6.07) is 12.0. The first-order valence-electron chi connectivity index (χ1n) is 5.44. The van der Waals surface area contributed by atoms with Crippen LogP contribution in [0.4, 0.5) is 0 Å². The monoisotopic (exact) mass is 260 g/mol. The summed E-state index contributed by atoms with van der Waals surface area (Å²) in [5.74, 6) is 1.18. The van der Waals surface area contributed by atoms with Crippen molar-refractivity contribution in [3.05, 3.63) is 58.6 Å². The molecule has 0 fully saturated rings. The number of carbonyl (C=O) groups excluding carboxylic acids is 1. The van der Waals surface area contributed by atoms with E-state index in [1.807, 2.05) is 0 Å². The summed E-state index contributed by atoms with van der Waals surface area (Å²) in [6.45, 7) is 0.199. The third-order valence-electron chi connectivity index (χ3n) is 2.72. The van der Waals surface area contributed by atoms with E-state index in [0.29, 0.717) is 27.6 Å². The molecule has 4 heteroatoms. The van der Waals surface area contributed by atoms with Crippen LogP contribution in [0.3, 0.4) is 0 Å². The Morgan fingerprint density at radius 3 is 2.61 bits per heavy atom. The third kappa shape index (κ3) is 1.93. The van der Waals surface area contributed by atoms with Crippen LogP contribution >= 0.6 is 11.6 Å². The summed E-state index contributed by atoms with van der Waals surface area (Å²) in [6.07, 6.45) is 0. The standard InChI is InChI=1S/C14H9ClO3/c15-11-3-1-2-9(6-11)14(16)10-4-5-12-13(7-10)18-8-17-12/h1-7H,8H2. The molecule has 0 N–H and O–H groups in total. The first kappa shape index (κ1) is 11.1. The smallest absolute Gasteiger partial charge is 0.231 e. The number of hydrogen-bond donors (Lipinski definition) is 0. The van der Waals surface area contributed by atoms with E-state index in [9.17, 15) is 4.79 Å². The molecule has 0 spiro atoms. The fourth-order valence-corrected chi connectivity index (χ4v) is 2.02. The van der Waals surface area contributed by atoms with Gasteiger partial charge >= 0.3 is 0 Å². The molecule has 0 amide bonds.